The molecule has 1 amide bonds. The van der Waals surface area contributed by atoms with Crippen LogP contribution in [0.5, 0.6) is 11.6 Å². The number of nitrogens with zero attached hydrogens (tertiary/aromatic N) is 4. The third-order valence-electron chi connectivity index (χ3n) is 5.02. The van der Waals surface area contributed by atoms with E-state index in [1.54, 1.807) is 36.9 Å². The Morgan fingerprint density at radius 1 is 1.15 bits per heavy atom. The van der Waals surface area contributed by atoms with E-state index in [4.69, 9.17) is 9.47 Å². The van der Waals surface area contributed by atoms with Crippen LogP contribution in [0.3, 0.4) is 0 Å². The third kappa shape index (κ3) is 4.58. The molecule has 0 saturated carbocycles. The highest BCUT2D eigenvalue weighted by molar-refractivity contribution is 9.10. The van der Waals surface area contributed by atoms with Crippen molar-refractivity contribution in [3.05, 3.63) is 52.5 Å². The number of benzene rings is 2. The van der Waals surface area contributed by atoms with Gasteiger partial charge in [-0.05, 0) is 30.5 Å². The standard InChI is InChI=1S/C23H21BrN4O4S/c1-4-18(29)28-17-9-7-6-8-14(17)20-21(25-23(33-3)27-26-20)32-22(28)15-12-13(10-11-16(15)24)31-19(30)5-2/h6-12,22H,4-5H2,1-3H3. The molecule has 1 unspecified atom stereocenters. The molecule has 2 heterocycles. The molecule has 1 atom stereocenters. The minimum Gasteiger partial charge on any atom is -0.447 e. The summed E-state index contributed by atoms with van der Waals surface area (Å²) in [6.45, 7) is 3.51. The number of hydrogen-bond acceptors (Lipinski definition) is 8. The molecule has 0 bridgehead atoms. The number of para-hydroxylation sites is 1. The molecule has 0 spiro atoms. The molecule has 0 radical (unpaired) electrons. The molecule has 0 fully saturated rings. The fourth-order valence-corrected chi connectivity index (χ4v) is 4.16. The largest absolute Gasteiger partial charge is 0.447 e. The molecule has 10 heteroatoms. The smallest absolute Gasteiger partial charge is 0.310 e. The highest BCUT2D eigenvalue weighted by Gasteiger charge is 2.36. The maximum Gasteiger partial charge on any atom is 0.310 e. The van der Waals surface area contributed by atoms with Gasteiger partial charge in [-0.15, -0.1) is 10.2 Å². The Labute approximate surface area is 203 Å². The van der Waals surface area contributed by atoms with Crippen LogP contribution in [0.2, 0.25) is 0 Å². The molecular weight excluding hydrogens is 508 g/mol. The predicted molar refractivity (Wildman–Crippen MR) is 128 cm³/mol. The second-order valence-corrected chi connectivity index (χ2v) is 8.70. The number of rotatable bonds is 5. The van der Waals surface area contributed by atoms with Crippen LogP contribution in [0.4, 0.5) is 5.69 Å². The van der Waals surface area contributed by atoms with E-state index in [1.807, 2.05) is 30.5 Å². The monoisotopic (exact) mass is 528 g/mol. The molecule has 8 nitrogen and oxygen atoms in total. The van der Waals surface area contributed by atoms with Gasteiger partial charge in [-0.2, -0.15) is 4.98 Å². The molecule has 1 aliphatic heterocycles. The number of thioether (sulfide) groups is 1. The highest BCUT2D eigenvalue weighted by Crippen LogP contribution is 2.45. The van der Waals surface area contributed by atoms with E-state index < -0.39 is 6.23 Å². The van der Waals surface area contributed by atoms with Gasteiger partial charge < -0.3 is 9.47 Å². The number of ether oxygens (including phenoxy) is 2. The van der Waals surface area contributed by atoms with Crippen molar-refractivity contribution in [2.24, 2.45) is 0 Å². The Kier molecular flexibility index (Phi) is 6.94. The minimum atomic E-state index is -0.888. The van der Waals surface area contributed by atoms with Crippen molar-refractivity contribution in [3.8, 4) is 22.9 Å². The van der Waals surface area contributed by atoms with E-state index in [1.165, 1.54) is 11.8 Å². The lowest BCUT2D eigenvalue weighted by molar-refractivity contribution is -0.134. The Balaban J connectivity index is 1.94. The summed E-state index contributed by atoms with van der Waals surface area (Å²) in [7, 11) is 0. The summed E-state index contributed by atoms with van der Waals surface area (Å²) < 4.78 is 12.5. The van der Waals surface area contributed by atoms with Crippen LogP contribution < -0.4 is 14.4 Å². The van der Waals surface area contributed by atoms with Gasteiger partial charge in [0.05, 0.1) is 5.69 Å². The molecule has 0 aliphatic carbocycles. The van der Waals surface area contributed by atoms with Crippen LogP contribution in [0, 0.1) is 0 Å². The molecule has 0 saturated heterocycles. The fraction of sp³-hybridized carbons (Fsp3) is 0.261. The number of halogens is 1. The molecule has 33 heavy (non-hydrogen) atoms. The zero-order valence-electron chi connectivity index (χ0n) is 18.2. The summed E-state index contributed by atoms with van der Waals surface area (Å²) in [5.74, 6) is 0.113. The molecule has 1 aliphatic rings. The Bertz CT molecular complexity index is 1220. The second kappa shape index (κ2) is 9.88. The molecule has 3 aromatic rings. The first kappa shape index (κ1) is 23.2. The first-order chi connectivity index (χ1) is 16.0. The number of anilines is 1. The minimum absolute atomic E-state index is 0.152. The van der Waals surface area contributed by atoms with Gasteiger partial charge in [-0.1, -0.05) is 59.7 Å². The van der Waals surface area contributed by atoms with Crippen LogP contribution in [-0.4, -0.2) is 33.3 Å². The summed E-state index contributed by atoms with van der Waals surface area (Å²) in [6, 6.07) is 12.5. The molecule has 2 aromatic carbocycles. The number of fused-ring (bicyclic) bond motifs is 3. The maximum absolute atomic E-state index is 13.2. The fourth-order valence-electron chi connectivity index (χ4n) is 3.42. The van der Waals surface area contributed by atoms with Crippen LogP contribution in [0.25, 0.3) is 11.3 Å². The molecule has 170 valence electrons. The SMILES string of the molecule is CCC(=O)Oc1ccc(Br)c(C2Oc3nc(SC)nnc3-c3ccccc3N2C(=O)CC)c1. The van der Waals surface area contributed by atoms with E-state index >= 15 is 0 Å². The summed E-state index contributed by atoms with van der Waals surface area (Å²) in [5, 5.41) is 8.97. The summed E-state index contributed by atoms with van der Waals surface area (Å²) in [6.07, 6.45) is 1.45. The van der Waals surface area contributed by atoms with E-state index in [0.717, 1.165) is 0 Å². The van der Waals surface area contributed by atoms with Crippen LogP contribution in [-0.2, 0) is 9.59 Å². The van der Waals surface area contributed by atoms with Gasteiger partial charge in [0, 0.05) is 28.4 Å². The molecular formula is C23H21BrN4O4S. The average Bonchev–Trinajstić information content (AvgIpc) is 2.98. The summed E-state index contributed by atoms with van der Waals surface area (Å²) >= 11 is 4.91. The van der Waals surface area contributed by atoms with Gasteiger partial charge in [0.25, 0.3) is 0 Å². The Morgan fingerprint density at radius 2 is 1.94 bits per heavy atom. The average molecular weight is 529 g/mol. The topological polar surface area (TPSA) is 94.5 Å². The predicted octanol–water partition coefficient (Wildman–Crippen LogP) is 5.17. The lowest BCUT2D eigenvalue weighted by atomic mass is 10.1. The number of aromatic nitrogens is 3. The first-order valence-electron chi connectivity index (χ1n) is 10.3. The highest BCUT2D eigenvalue weighted by atomic mass is 79.9. The van der Waals surface area contributed by atoms with Gasteiger partial charge in [-0.3, -0.25) is 14.5 Å². The maximum atomic E-state index is 13.2. The van der Waals surface area contributed by atoms with Crippen molar-refractivity contribution in [3.63, 3.8) is 0 Å². The van der Waals surface area contributed by atoms with Crippen molar-refractivity contribution in [1.29, 1.82) is 0 Å². The van der Waals surface area contributed by atoms with Gasteiger partial charge in [0.2, 0.25) is 23.2 Å². The number of hydrogen-bond donors (Lipinski definition) is 0. The first-order valence-corrected chi connectivity index (χ1v) is 12.4. The van der Waals surface area contributed by atoms with Crippen molar-refractivity contribution in [1.82, 2.24) is 15.2 Å². The van der Waals surface area contributed by atoms with Crippen molar-refractivity contribution in [2.45, 2.75) is 38.1 Å². The van der Waals surface area contributed by atoms with Gasteiger partial charge in [0.1, 0.15) is 5.75 Å². The van der Waals surface area contributed by atoms with Crippen molar-refractivity contribution < 1.29 is 19.1 Å². The van der Waals surface area contributed by atoms with Gasteiger partial charge >= 0.3 is 5.97 Å². The zero-order valence-corrected chi connectivity index (χ0v) is 20.6. The quantitative estimate of drug-likeness (QED) is 0.254. The molecule has 1 aromatic heterocycles. The van der Waals surface area contributed by atoms with Crippen LogP contribution in [0.1, 0.15) is 38.5 Å². The van der Waals surface area contributed by atoms with Crippen LogP contribution >= 0.6 is 27.7 Å². The number of esters is 1. The van der Waals surface area contributed by atoms with E-state index in [-0.39, 0.29) is 30.6 Å². The van der Waals surface area contributed by atoms with Gasteiger partial charge in [-0.25, -0.2) is 0 Å². The van der Waals surface area contributed by atoms with Crippen LogP contribution in [0.15, 0.2) is 52.1 Å². The number of amides is 1. The second-order valence-electron chi connectivity index (χ2n) is 7.07. The number of carbonyl (C=O) groups is 2. The third-order valence-corrected chi connectivity index (χ3v) is 6.28. The van der Waals surface area contributed by atoms with E-state index in [9.17, 15) is 9.59 Å². The lowest BCUT2D eigenvalue weighted by Gasteiger charge is -2.31. The van der Waals surface area contributed by atoms with Crippen molar-refractivity contribution in [2.75, 3.05) is 11.2 Å². The summed E-state index contributed by atoms with van der Waals surface area (Å²) in [4.78, 5) is 31.2. The van der Waals surface area contributed by atoms with Crippen molar-refractivity contribution >= 4 is 45.3 Å². The number of carbonyl (C=O) groups excluding carboxylic acids is 2. The normalized spacial score (nSPS) is 14.5. The van der Waals surface area contributed by atoms with E-state index in [0.29, 0.717) is 37.9 Å². The molecule has 0 N–H and O–H groups in total. The van der Waals surface area contributed by atoms with Gasteiger partial charge in [0.15, 0.2) is 5.69 Å². The Hall–Kier alpha value is -2.98. The van der Waals surface area contributed by atoms with E-state index in [2.05, 4.69) is 31.1 Å². The lowest BCUT2D eigenvalue weighted by Crippen LogP contribution is -2.37. The zero-order chi connectivity index (χ0) is 23.5. The Morgan fingerprint density at radius 3 is 2.67 bits per heavy atom. The summed E-state index contributed by atoms with van der Waals surface area (Å²) in [5.41, 5.74) is 2.37. The molecule has 4 rings (SSSR count).